The van der Waals surface area contributed by atoms with E-state index < -0.39 is 34.0 Å². The summed E-state index contributed by atoms with van der Waals surface area (Å²) in [6, 6.07) is 13.9. The van der Waals surface area contributed by atoms with E-state index in [9.17, 15) is 28.2 Å². The molecule has 2 atom stereocenters. The summed E-state index contributed by atoms with van der Waals surface area (Å²) in [5, 5.41) is 19.4. The van der Waals surface area contributed by atoms with Crippen LogP contribution >= 0.6 is 0 Å². The van der Waals surface area contributed by atoms with Crippen LogP contribution in [0.3, 0.4) is 0 Å². The fourth-order valence-electron chi connectivity index (χ4n) is 3.28. The molecule has 0 aliphatic carbocycles. The van der Waals surface area contributed by atoms with Gasteiger partial charge in [-0.25, -0.2) is 8.42 Å². The lowest BCUT2D eigenvalue weighted by atomic mass is 10.1. The van der Waals surface area contributed by atoms with E-state index in [4.69, 9.17) is 0 Å². The fourth-order valence-corrected chi connectivity index (χ4v) is 4.75. The van der Waals surface area contributed by atoms with Crippen molar-refractivity contribution in [3.63, 3.8) is 0 Å². The van der Waals surface area contributed by atoms with E-state index >= 15 is 0 Å². The van der Waals surface area contributed by atoms with E-state index in [0.717, 1.165) is 9.87 Å². The van der Waals surface area contributed by atoms with Crippen molar-refractivity contribution in [1.29, 1.82) is 0 Å². The van der Waals surface area contributed by atoms with Crippen molar-refractivity contribution in [1.82, 2.24) is 9.21 Å². The van der Waals surface area contributed by atoms with Crippen LogP contribution in [0.15, 0.2) is 65.6 Å². The molecule has 9 heteroatoms. The van der Waals surface area contributed by atoms with Gasteiger partial charge in [0.1, 0.15) is 12.1 Å². The summed E-state index contributed by atoms with van der Waals surface area (Å²) >= 11 is 0. The molecular weight excluding hydrogens is 384 g/mol. The number of rotatable bonds is 6. The molecule has 1 aliphatic rings. The quantitative estimate of drug-likeness (QED) is 0.741. The third-order valence-electron chi connectivity index (χ3n) is 4.71. The van der Waals surface area contributed by atoms with Crippen LogP contribution in [0, 0.1) is 0 Å². The van der Waals surface area contributed by atoms with Gasteiger partial charge >= 0.3 is 11.9 Å². The van der Waals surface area contributed by atoms with Crippen molar-refractivity contribution in [3.05, 3.63) is 66.2 Å². The number of aliphatic carboxylic acids is 2. The maximum Gasteiger partial charge on any atom is 0.322 e. The number of carboxylic acids is 2. The Kier molecular flexibility index (Phi) is 5.78. The standard InChI is InChI=1S/C19H20N2O6S/c22-18(23)16-12-20(28(26,27)15-9-5-2-6-10-15)13-17(19(24)25)21(16)11-14-7-3-1-4-8-14/h1-10,16-17H,11-13H2,(H,22,23)(H,24,25). The van der Waals surface area contributed by atoms with Gasteiger partial charge in [0.05, 0.1) is 4.90 Å². The lowest BCUT2D eigenvalue weighted by molar-refractivity contribution is -0.155. The minimum absolute atomic E-state index is 0.000197. The summed E-state index contributed by atoms with van der Waals surface area (Å²) in [5.41, 5.74) is 0.749. The van der Waals surface area contributed by atoms with Gasteiger partial charge in [0.25, 0.3) is 0 Å². The topological polar surface area (TPSA) is 115 Å². The largest absolute Gasteiger partial charge is 0.480 e. The first kappa shape index (κ1) is 20.0. The number of hydrogen-bond donors (Lipinski definition) is 2. The first-order valence-electron chi connectivity index (χ1n) is 8.61. The van der Waals surface area contributed by atoms with E-state index in [0.29, 0.717) is 0 Å². The number of nitrogens with zero attached hydrogens (tertiary/aromatic N) is 2. The van der Waals surface area contributed by atoms with Crippen molar-refractivity contribution in [2.75, 3.05) is 13.1 Å². The number of sulfonamides is 1. The monoisotopic (exact) mass is 404 g/mol. The molecule has 2 aromatic carbocycles. The second kappa shape index (κ2) is 8.09. The molecule has 1 aliphatic heterocycles. The lowest BCUT2D eigenvalue weighted by Crippen LogP contribution is -2.64. The van der Waals surface area contributed by atoms with Gasteiger partial charge in [-0.15, -0.1) is 0 Å². The molecule has 0 aromatic heterocycles. The van der Waals surface area contributed by atoms with Crippen molar-refractivity contribution in [3.8, 4) is 0 Å². The predicted octanol–water partition coefficient (Wildman–Crippen LogP) is 1.10. The van der Waals surface area contributed by atoms with E-state index in [2.05, 4.69) is 0 Å². The Morgan fingerprint density at radius 1 is 0.857 bits per heavy atom. The van der Waals surface area contributed by atoms with Gasteiger partial charge in [-0.3, -0.25) is 14.5 Å². The van der Waals surface area contributed by atoms with Crippen molar-refractivity contribution in [2.24, 2.45) is 0 Å². The van der Waals surface area contributed by atoms with Crippen LogP contribution in [-0.4, -0.2) is 64.9 Å². The fraction of sp³-hybridized carbons (Fsp3) is 0.263. The van der Waals surface area contributed by atoms with Gasteiger partial charge < -0.3 is 10.2 Å². The van der Waals surface area contributed by atoms with Crippen molar-refractivity contribution < 1.29 is 28.2 Å². The molecule has 148 valence electrons. The highest BCUT2D eigenvalue weighted by molar-refractivity contribution is 7.89. The zero-order valence-corrected chi connectivity index (χ0v) is 15.7. The molecule has 2 N–H and O–H groups in total. The van der Waals surface area contributed by atoms with Gasteiger partial charge in [0.15, 0.2) is 0 Å². The molecule has 0 bridgehead atoms. The van der Waals surface area contributed by atoms with E-state index in [1.54, 1.807) is 48.5 Å². The molecule has 1 fully saturated rings. The van der Waals surface area contributed by atoms with Crippen LogP contribution in [0.1, 0.15) is 5.56 Å². The third-order valence-corrected chi connectivity index (χ3v) is 6.56. The summed E-state index contributed by atoms with van der Waals surface area (Å²) < 4.78 is 26.8. The normalized spacial score (nSPS) is 21.3. The summed E-state index contributed by atoms with van der Waals surface area (Å²) in [6.45, 7) is -0.569. The Bertz CT molecular complexity index is 925. The average Bonchev–Trinajstić information content (AvgIpc) is 2.69. The predicted molar refractivity (Wildman–Crippen MR) is 100 cm³/mol. The zero-order chi connectivity index (χ0) is 20.3. The number of carbonyl (C=O) groups is 2. The van der Waals surface area contributed by atoms with Gasteiger partial charge in [-0.05, 0) is 17.7 Å². The van der Waals surface area contributed by atoms with Crippen LogP contribution in [0.5, 0.6) is 0 Å². The van der Waals surface area contributed by atoms with Crippen molar-refractivity contribution in [2.45, 2.75) is 23.5 Å². The molecule has 1 saturated heterocycles. The average molecular weight is 404 g/mol. The number of carboxylic acid groups (broad SMARTS) is 2. The minimum Gasteiger partial charge on any atom is -0.480 e. The van der Waals surface area contributed by atoms with E-state index in [1.165, 1.54) is 17.0 Å². The smallest absolute Gasteiger partial charge is 0.322 e. The van der Waals surface area contributed by atoms with Crippen LogP contribution in [-0.2, 0) is 26.2 Å². The number of piperazine rings is 1. The Hall–Kier alpha value is -2.75. The highest BCUT2D eigenvalue weighted by Crippen LogP contribution is 2.25. The molecule has 8 nitrogen and oxygen atoms in total. The second-order valence-electron chi connectivity index (χ2n) is 6.50. The molecule has 2 aromatic rings. The van der Waals surface area contributed by atoms with E-state index in [-0.39, 0.29) is 24.5 Å². The second-order valence-corrected chi connectivity index (χ2v) is 8.44. The molecule has 0 saturated carbocycles. The Morgan fingerprint density at radius 2 is 1.32 bits per heavy atom. The number of benzene rings is 2. The van der Waals surface area contributed by atoms with Gasteiger partial charge in [0, 0.05) is 19.6 Å². The van der Waals surface area contributed by atoms with Crippen molar-refractivity contribution >= 4 is 22.0 Å². The molecule has 3 rings (SSSR count). The number of hydrogen-bond acceptors (Lipinski definition) is 5. The summed E-state index contributed by atoms with van der Waals surface area (Å²) in [6.07, 6.45) is 0. The van der Waals surface area contributed by atoms with Crippen LogP contribution in [0.4, 0.5) is 0 Å². The summed E-state index contributed by atoms with van der Waals surface area (Å²) in [7, 11) is -4.01. The Morgan fingerprint density at radius 3 is 1.79 bits per heavy atom. The first-order chi connectivity index (χ1) is 13.3. The summed E-state index contributed by atoms with van der Waals surface area (Å²) in [5.74, 6) is -2.54. The molecule has 0 amide bonds. The SMILES string of the molecule is O=C(O)C1CN(S(=O)(=O)c2ccccc2)CC(C(=O)O)N1Cc1ccccc1. The zero-order valence-electron chi connectivity index (χ0n) is 14.9. The highest BCUT2D eigenvalue weighted by atomic mass is 32.2. The van der Waals surface area contributed by atoms with Gasteiger partial charge in [0.2, 0.25) is 10.0 Å². The van der Waals surface area contributed by atoms with Crippen LogP contribution < -0.4 is 0 Å². The molecule has 28 heavy (non-hydrogen) atoms. The maximum atomic E-state index is 12.9. The lowest BCUT2D eigenvalue weighted by Gasteiger charge is -2.42. The molecule has 2 unspecified atom stereocenters. The summed E-state index contributed by atoms with van der Waals surface area (Å²) in [4.78, 5) is 25.1. The maximum absolute atomic E-state index is 12.9. The first-order valence-corrected chi connectivity index (χ1v) is 10.0. The van der Waals surface area contributed by atoms with E-state index in [1.807, 2.05) is 0 Å². The molecule has 1 heterocycles. The molecule has 0 spiro atoms. The van der Waals surface area contributed by atoms with Crippen LogP contribution in [0.2, 0.25) is 0 Å². The molecule has 0 radical (unpaired) electrons. The Labute approximate surface area is 162 Å². The Balaban J connectivity index is 1.95. The van der Waals surface area contributed by atoms with Crippen LogP contribution in [0.25, 0.3) is 0 Å². The van der Waals surface area contributed by atoms with Gasteiger partial charge in [-0.1, -0.05) is 48.5 Å². The molecular formula is C19H20N2O6S. The van der Waals surface area contributed by atoms with Gasteiger partial charge in [-0.2, -0.15) is 4.31 Å². The third kappa shape index (κ3) is 4.06. The minimum atomic E-state index is -4.01. The highest BCUT2D eigenvalue weighted by Gasteiger charge is 2.45.